The lowest BCUT2D eigenvalue weighted by Gasteiger charge is -2.14. The fraction of sp³-hybridized carbons (Fsp3) is 0.375. The van der Waals surface area contributed by atoms with Crippen molar-refractivity contribution in [3.8, 4) is 0 Å². The third-order valence-corrected chi connectivity index (χ3v) is 10.3. The first-order valence-electron chi connectivity index (χ1n) is 8.39. The van der Waals surface area contributed by atoms with Gasteiger partial charge in [-0.1, -0.05) is 0 Å². The van der Waals surface area contributed by atoms with E-state index in [0.29, 0.717) is 22.0 Å². The quantitative estimate of drug-likeness (QED) is 0.498. The van der Waals surface area contributed by atoms with E-state index in [4.69, 9.17) is 0 Å². The number of likely N-dealkylation sites (N-methyl/N-ethyl adjacent to an activating group) is 4. The summed E-state index contributed by atoms with van der Waals surface area (Å²) in [6.45, 7) is 0. The first kappa shape index (κ1) is 22.8. The van der Waals surface area contributed by atoms with Gasteiger partial charge in [-0.05, 0) is 0 Å². The van der Waals surface area contributed by atoms with Crippen LogP contribution in [0.5, 0.6) is 0 Å². The van der Waals surface area contributed by atoms with E-state index in [1.165, 1.54) is 15.2 Å². The lowest BCUT2D eigenvalue weighted by Crippen LogP contribution is -2.26. The van der Waals surface area contributed by atoms with Gasteiger partial charge in [0, 0.05) is 69.3 Å². The minimum atomic E-state index is -3.38. The summed E-state index contributed by atoms with van der Waals surface area (Å²) in [5.74, 6) is -0.436. The van der Waals surface area contributed by atoms with Gasteiger partial charge < -0.3 is 19.6 Å². The Labute approximate surface area is 182 Å². The number of hydrogen-bond acceptors (Lipinski definition) is 10. The first-order chi connectivity index (χ1) is 13.7. The average Bonchev–Trinajstić information content (AvgIpc) is 3.24. The predicted molar refractivity (Wildman–Crippen MR) is 116 cm³/mol. The van der Waals surface area contributed by atoms with Gasteiger partial charge in [0.2, 0.25) is 17.7 Å². The Morgan fingerprint density at radius 3 is 1.87 bits per heavy atom. The molecule has 0 saturated carbocycles. The van der Waals surface area contributed by atoms with E-state index >= 15 is 0 Å². The minimum absolute atomic E-state index is 0.144. The van der Waals surface area contributed by atoms with Crippen LogP contribution in [0.4, 0.5) is 0 Å². The summed E-state index contributed by atoms with van der Waals surface area (Å²) < 4.78 is 46.1. The summed E-state index contributed by atoms with van der Waals surface area (Å²) in [6.07, 6.45) is 0. The number of hydrogen-bond donors (Lipinski definition) is 0. The van der Waals surface area contributed by atoms with Crippen LogP contribution in [0.15, 0.2) is 43.4 Å². The third-order valence-electron chi connectivity index (χ3n) is 4.52. The number of carbonyl (C=O) groups is 2. The van der Waals surface area contributed by atoms with E-state index in [9.17, 15) is 26.4 Å². The van der Waals surface area contributed by atoms with Crippen LogP contribution in [0, 0.1) is 0 Å². The zero-order chi connectivity index (χ0) is 22.8. The van der Waals surface area contributed by atoms with Gasteiger partial charge in [-0.2, -0.15) is 0 Å². The van der Waals surface area contributed by atoms with Gasteiger partial charge in [0.1, 0.15) is 16.3 Å². The molecule has 0 aromatic heterocycles. The number of amides is 2. The van der Waals surface area contributed by atoms with Crippen molar-refractivity contribution in [2.45, 2.75) is 0 Å². The zero-order valence-corrected chi connectivity index (χ0v) is 20.3. The van der Waals surface area contributed by atoms with E-state index in [1.54, 1.807) is 52.1 Å². The molecule has 0 aromatic carbocycles. The third kappa shape index (κ3) is 3.55. The Kier molecular flexibility index (Phi) is 5.58. The Morgan fingerprint density at radius 1 is 0.833 bits per heavy atom. The van der Waals surface area contributed by atoms with Crippen LogP contribution >= 0.6 is 21.6 Å². The molecule has 30 heavy (non-hydrogen) atoms. The topological polar surface area (TPSA) is 115 Å². The van der Waals surface area contributed by atoms with Crippen LogP contribution in [0.1, 0.15) is 0 Å². The van der Waals surface area contributed by atoms with Crippen molar-refractivity contribution in [3.05, 3.63) is 43.4 Å². The Morgan fingerprint density at radius 2 is 1.33 bits per heavy atom. The van der Waals surface area contributed by atoms with Crippen LogP contribution in [0.2, 0.25) is 0 Å². The fourth-order valence-corrected chi connectivity index (χ4v) is 9.30. The molecule has 0 bridgehead atoms. The molecule has 0 N–H and O–H groups in total. The average molecular weight is 493 g/mol. The van der Waals surface area contributed by atoms with Gasteiger partial charge in [0.15, 0.2) is 0 Å². The van der Waals surface area contributed by atoms with Gasteiger partial charge in [-0.25, -0.2) is 16.8 Å². The summed E-state index contributed by atoms with van der Waals surface area (Å²) >= 11 is 0. The van der Waals surface area contributed by atoms with Gasteiger partial charge >= 0.3 is 0 Å². The molecule has 14 heteroatoms. The second-order valence-electron chi connectivity index (χ2n) is 7.01. The highest BCUT2D eigenvalue weighted by Gasteiger charge is 2.44. The van der Waals surface area contributed by atoms with E-state index in [0.717, 1.165) is 27.0 Å². The van der Waals surface area contributed by atoms with Crippen molar-refractivity contribution in [2.75, 3.05) is 42.3 Å². The molecule has 0 spiro atoms. The van der Waals surface area contributed by atoms with Gasteiger partial charge in [0.25, 0.3) is 11.8 Å². The van der Waals surface area contributed by atoms with Crippen LogP contribution < -0.4 is 0 Å². The maximum atomic E-state index is 11.8. The highest BCUT2D eigenvalue weighted by atomic mass is 33.1. The summed E-state index contributed by atoms with van der Waals surface area (Å²) in [6, 6.07) is 0. The molecule has 4 rings (SSSR count). The molecule has 4 heterocycles. The van der Waals surface area contributed by atoms with Crippen molar-refractivity contribution in [2.24, 2.45) is 0 Å². The lowest BCUT2D eigenvalue weighted by molar-refractivity contribution is -0.125. The van der Waals surface area contributed by atoms with E-state index in [-0.39, 0.29) is 22.4 Å². The van der Waals surface area contributed by atoms with Crippen LogP contribution in [-0.2, 0) is 27.3 Å². The maximum Gasteiger partial charge on any atom is 0.275 e. The van der Waals surface area contributed by atoms with Crippen molar-refractivity contribution in [3.63, 3.8) is 0 Å². The van der Waals surface area contributed by atoms with Crippen molar-refractivity contribution in [1.82, 2.24) is 19.6 Å². The predicted octanol–water partition coefficient (Wildman–Crippen LogP) is 0.299. The molecule has 0 radical (unpaired) electrons. The molecule has 4 aliphatic rings. The smallest absolute Gasteiger partial charge is 0.275 e. The molecule has 0 atom stereocenters. The standard InChI is InChI=1S/2C8H10N2O3S2/c1-9(2)6-7-5(10(3)8(6)11)4-15(12,13)14-7;1-9(2)6-7-5(10(3)8(6)11)4-14-15(7,12)13/h2*4H,1-3H3. The molecule has 4 aliphatic heterocycles. The normalized spacial score (nSPS) is 23.3. The van der Waals surface area contributed by atoms with Crippen LogP contribution in [0.25, 0.3) is 0 Å². The van der Waals surface area contributed by atoms with E-state index in [2.05, 4.69) is 0 Å². The summed E-state index contributed by atoms with van der Waals surface area (Å²) in [5, 5.41) is 2.64. The molecule has 164 valence electrons. The van der Waals surface area contributed by atoms with Gasteiger partial charge in [0.05, 0.1) is 21.7 Å². The second-order valence-corrected chi connectivity index (χ2v) is 14.3. The van der Waals surface area contributed by atoms with Crippen molar-refractivity contribution >= 4 is 51.1 Å². The minimum Gasteiger partial charge on any atom is -0.372 e. The molecule has 0 unspecified atom stereocenters. The maximum absolute atomic E-state index is 11.8. The Balaban J connectivity index is 0.000000171. The van der Waals surface area contributed by atoms with Gasteiger partial charge in [-0.15, -0.1) is 0 Å². The van der Waals surface area contributed by atoms with Crippen LogP contribution in [0.3, 0.4) is 0 Å². The number of fused-ring (bicyclic) bond motifs is 2. The van der Waals surface area contributed by atoms with Crippen LogP contribution in [-0.4, -0.2) is 90.5 Å². The molecule has 0 aromatic rings. The molecule has 2 amide bonds. The molecular formula is C16H20N4O6S4. The molecule has 0 fully saturated rings. The van der Waals surface area contributed by atoms with Crippen molar-refractivity contribution < 1.29 is 26.4 Å². The fourth-order valence-electron chi connectivity index (χ4n) is 3.09. The Hall–Kier alpha value is -1.90. The van der Waals surface area contributed by atoms with E-state index < -0.39 is 17.7 Å². The molecule has 0 aliphatic carbocycles. The molecule has 0 saturated heterocycles. The SMILES string of the molecule is CN(C)C1=C2C(=CSS2(=O)=O)N(C)C1=O.CN(C)C1=C2SS(=O)(=O)C=C2N(C)C1=O. The largest absolute Gasteiger partial charge is 0.372 e. The first-order valence-corrected chi connectivity index (χ1v) is 14.1. The van der Waals surface area contributed by atoms with E-state index in [1.807, 2.05) is 0 Å². The highest BCUT2D eigenvalue weighted by molar-refractivity contribution is 8.75. The van der Waals surface area contributed by atoms with Gasteiger partial charge in [-0.3, -0.25) is 9.59 Å². The number of nitrogens with zero attached hydrogens (tertiary/aromatic N) is 4. The number of rotatable bonds is 2. The number of carbonyl (C=O) groups excluding carboxylic acids is 2. The zero-order valence-electron chi connectivity index (χ0n) is 17.0. The summed E-state index contributed by atoms with van der Waals surface area (Å²) in [5.41, 5.74) is 1.64. The molecular weight excluding hydrogens is 472 g/mol. The monoisotopic (exact) mass is 492 g/mol. The summed E-state index contributed by atoms with van der Waals surface area (Å²) in [7, 11) is 4.78. The second kappa shape index (κ2) is 7.35. The highest BCUT2D eigenvalue weighted by Crippen LogP contribution is 2.46. The Bertz CT molecular complexity index is 1190. The van der Waals surface area contributed by atoms with Crippen molar-refractivity contribution in [1.29, 1.82) is 0 Å². The molecule has 10 nitrogen and oxygen atoms in total. The summed E-state index contributed by atoms with van der Waals surface area (Å²) in [4.78, 5) is 30.1. The lowest BCUT2D eigenvalue weighted by atomic mass is 10.4.